The Morgan fingerprint density at radius 2 is 1.65 bits per heavy atom. The summed E-state index contributed by atoms with van der Waals surface area (Å²) in [5.41, 5.74) is 0. The molecule has 3 rings (SSSR count). The van der Waals surface area contributed by atoms with Crippen molar-refractivity contribution in [1.29, 1.82) is 0 Å². The summed E-state index contributed by atoms with van der Waals surface area (Å²) in [5, 5.41) is 15.8. The second-order valence-electron chi connectivity index (χ2n) is 8.51. The van der Waals surface area contributed by atoms with Crippen molar-refractivity contribution in [3.05, 3.63) is 11.6 Å². The molecule has 0 unspecified atom stereocenters. The van der Waals surface area contributed by atoms with Gasteiger partial charge < -0.3 is 15.2 Å². The Kier molecular flexibility index (Phi) is 6.54. The maximum atomic E-state index is 4.85. The molecule has 2 fully saturated rings. The summed E-state index contributed by atoms with van der Waals surface area (Å²) in [6.07, 6.45) is 10.3. The molecule has 0 atom stereocenters. The monoisotopic (exact) mass is 360 g/mol. The van der Waals surface area contributed by atoms with Gasteiger partial charge in [0.25, 0.3) is 0 Å². The zero-order valence-electron chi connectivity index (χ0n) is 17.0. The lowest BCUT2D eigenvalue weighted by molar-refractivity contribution is 0.249. The predicted molar refractivity (Wildman–Crippen MR) is 106 cm³/mol. The number of aromatic nitrogens is 3. The van der Waals surface area contributed by atoms with Crippen LogP contribution in [-0.4, -0.2) is 32.8 Å². The molecule has 0 radical (unpaired) electrons. The van der Waals surface area contributed by atoms with Gasteiger partial charge in [0.15, 0.2) is 11.8 Å². The first-order valence-corrected chi connectivity index (χ1v) is 10.4. The van der Waals surface area contributed by atoms with E-state index in [9.17, 15) is 0 Å². The first-order valence-electron chi connectivity index (χ1n) is 10.4. The van der Waals surface area contributed by atoms with Gasteiger partial charge in [-0.3, -0.25) is 0 Å². The van der Waals surface area contributed by atoms with Crippen molar-refractivity contribution >= 4 is 5.96 Å². The molecule has 26 heavy (non-hydrogen) atoms. The molecule has 0 aromatic carbocycles. The fraction of sp³-hybridized carbons (Fsp3) is 0.850. The average molecular weight is 361 g/mol. The van der Waals surface area contributed by atoms with Crippen LogP contribution in [0.5, 0.6) is 0 Å². The van der Waals surface area contributed by atoms with Crippen LogP contribution in [0.25, 0.3) is 0 Å². The molecule has 0 saturated heterocycles. The van der Waals surface area contributed by atoms with Crippen molar-refractivity contribution in [3.8, 4) is 0 Å². The van der Waals surface area contributed by atoms with Crippen LogP contribution in [0.1, 0.15) is 76.9 Å². The fourth-order valence-electron chi connectivity index (χ4n) is 4.26. The third-order valence-electron chi connectivity index (χ3n) is 6.31. The van der Waals surface area contributed by atoms with Crippen LogP contribution >= 0.6 is 0 Å². The summed E-state index contributed by atoms with van der Waals surface area (Å²) >= 11 is 0. The molecule has 1 heterocycles. The summed E-state index contributed by atoms with van der Waals surface area (Å²) in [6.45, 7) is 7.26. The number of guanidine groups is 1. The molecule has 6 nitrogen and oxygen atoms in total. The van der Waals surface area contributed by atoms with Crippen molar-refractivity contribution < 1.29 is 0 Å². The minimum Gasteiger partial charge on any atom is -0.354 e. The van der Waals surface area contributed by atoms with Crippen molar-refractivity contribution in [2.24, 2.45) is 23.9 Å². The number of hydrogen-bond acceptors (Lipinski definition) is 3. The van der Waals surface area contributed by atoms with Crippen LogP contribution in [-0.2, 0) is 13.6 Å². The second-order valence-corrected chi connectivity index (χ2v) is 8.51. The fourth-order valence-corrected chi connectivity index (χ4v) is 4.26. The molecule has 2 aliphatic carbocycles. The van der Waals surface area contributed by atoms with Gasteiger partial charge in [-0.1, -0.05) is 26.7 Å². The van der Waals surface area contributed by atoms with Crippen LogP contribution in [0, 0.1) is 18.8 Å². The predicted octanol–water partition coefficient (Wildman–Crippen LogP) is 3.32. The zero-order chi connectivity index (χ0) is 18.5. The maximum absolute atomic E-state index is 4.85. The summed E-state index contributed by atoms with van der Waals surface area (Å²) in [4.78, 5) is 4.85. The lowest BCUT2D eigenvalue weighted by atomic mass is 9.80. The zero-order valence-corrected chi connectivity index (χ0v) is 17.0. The van der Waals surface area contributed by atoms with Gasteiger partial charge in [-0.05, 0) is 57.3 Å². The molecule has 6 heteroatoms. The Morgan fingerprint density at radius 1 is 1.04 bits per heavy atom. The molecule has 0 bridgehead atoms. The smallest absolute Gasteiger partial charge is 0.192 e. The summed E-state index contributed by atoms with van der Waals surface area (Å²) < 4.78 is 2.02. The molecular weight excluding hydrogens is 324 g/mol. The lowest BCUT2D eigenvalue weighted by Crippen LogP contribution is -2.48. The van der Waals surface area contributed by atoms with E-state index in [0.29, 0.717) is 18.6 Å². The van der Waals surface area contributed by atoms with Crippen LogP contribution in [0.15, 0.2) is 4.99 Å². The highest BCUT2D eigenvalue weighted by molar-refractivity contribution is 5.80. The summed E-state index contributed by atoms with van der Waals surface area (Å²) in [6, 6.07) is 1.10. The first-order chi connectivity index (χ1) is 12.5. The molecule has 2 saturated carbocycles. The van der Waals surface area contributed by atoms with Gasteiger partial charge in [-0.25, -0.2) is 4.99 Å². The van der Waals surface area contributed by atoms with Gasteiger partial charge in [-0.2, -0.15) is 0 Å². The highest BCUT2D eigenvalue weighted by Crippen LogP contribution is 2.29. The van der Waals surface area contributed by atoms with Gasteiger partial charge in [0.05, 0.1) is 0 Å². The molecule has 2 N–H and O–H groups in total. The van der Waals surface area contributed by atoms with Crippen LogP contribution < -0.4 is 10.6 Å². The molecule has 146 valence electrons. The average Bonchev–Trinajstić information content (AvgIpc) is 3.24. The largest absolute Gasteiger partial charge is 0.354 e. The van der Waals surface area contributed by atoms with E-state index in [1.165, 1.54) is 51.4 Å². The normalized spacial score (nSPS) is 25.0. The van der Waals surface area contributed by atoms with Crippen LogP contribution in [0.3, 0.4) is 0 Å². The Hall–Kier alpha value is -1.59. The number of nitrogens with one attached hydrogen (secondary N) is 2. The number of rotatable bonds is 5. The van der Waals surface area contributed by atoms with E-state index in [4.69, 9.17) is 4.99 Å². The number of hydrogen-bond donors (Lipinski definition) is 2. The Balaban J connectivity index is 1.61. The van der Waals surface area contributed by atoms with Gasteiger partial charge in [0, 0.05) is 19.1 Å². The highest BCUT2D eigenvalue weighted by atomic mass is 15.3. The lowest BCUT2D eigenvalue weighted by Gasteiger charge is -2.32. The molecule has 1 aromatic rings. The molecule has 0 spiro atoms. The van der Waals surface area contributed by atoms with Gasteiger partial charge >= 0.3 is 0 Å². The van der Waals surface area contributed by atoms with E-state index in [1.54, 1.807) is 0 Å². The number of aryl methyl sites for hydroxylation is 1. The SMILES string of the molecule is Cc1nnc(CN=C(NC2CCCC2)NC2CCC(C(C)C)CC2)n1C. The van der Waals surface area contributed by atoms with Crippen LogP contribution in [0.2, 0.25) is 0 Å². The minimum absolute atomic E-state index is 0.541. The number of aliphatic imine (C=N–C) groups is 1. The first kappa shape index (κ1) is 19.2. The van der Waals surface area contributed by atoms with Crippen molar-refractivity contribution in [2.45, 2.75) is 90.8 Å². The maximum Gasteiger partial charge on any atom is 0.192 e. The highest BCUT2D eigenvalue weighted by Gasteiger charge is 2.25. The molecule has 2 aliphatic rings. The van der Waals surface area contributed by atoms with E-state index in [0.717, 1.165) is 29.4 Å². The number of nitrogens with zero attached hydrogens (tertiary/aromatic N) is 4. The van der Waals surface area contributed by atoms with Crippen LogP contribution in [0.4, 0.5) is 0 Å². The third kappa shape index (κ3) is 4.98. The standard InChI is InChI=1S/C20H36N6/c1-14(2)16-9-11-18(12-10-16)23-20(22-17-7-5-6-8-17)21-13-19-25-24-15(3)26(19)4/h14,16-18H,5-13H2,1-4H3,(H2,21,22,23). The molecular formula is C20H36N6. The van der Waals surface area contributed by atoms with E-state index in [1.807, 2.05) is 18.5 Å². The van der Waals surface area contributed by atoms with E-state index < -0.39 is 0 Å². The minimum atomic E-state index is 0.541. The molecule has 0 aliphatic heterocycles. The molecule has 0 amide bonds. The molecule has 1 aromatic heterocycles. The Bertz CT molecular complexity index is 591. The van der Waals surface area contributed by atoms with E-state index in [2.05, 4.69) is 34.7 Å². The Labute approximate surface area is 158 Å². The topological polar surface area (TPSA) is 67.1 Å². The van der Waals surface area contributed by atoms with Gasteiger partial charge in [-0.15, -0.1) is 10.2 Å². The van der Waals surface area contributed by atoms with Crippen molar-refractivity contribution in [3.63, 3.8) is 0 Å². The second kappa shape index (κ2) is 8.87. The quantitative estimate of drug-likeness (QED) is 0.624. The third-order valence-corrected chi connectivity index (χ3v) is 6.31. The summed E-state index contributed by atoms with van der Waals surface area (Å²) in [5.74, 6) is 4.50. The van der Waals surface area contributed by atoms with Crippen molar-refractivity contribution in [1.82, 2.24) is 25.4 Å². The Morgan fingerprint density at radius 3 is 2.19 bits per heavy atom. The van der Waals surface area contributed by atoms with Gasteiger partial charge in [0.2, 0.25) is 0 Å². The van der Waals surface area contributed by atoms with Crippen molar-refractivity contribution in [2.75, 3.05) is 0 Å². The van der Waals surface area contributed by atoms with E-state index >= 15 is 0 Å². The summed E-state index contributed by atoms with van der Waals surface area (Å²) in [7, 11) is 2.00. The van der Waals surface area contributed by atoms with E-state index in [-0.39, 0.29) is 0 Å². The van der Waals surface area contributed by atoms with Gasteiger partial charge in [0.1, 0.15) is 12.4 Å².